The van der Waals surface area contributed by atoms with Crippen molar-refractivity contribution in [1.82, 2.24) is 9.97 Å². The Morgan fingerprint density at radius 3 is 2.59 bits per heavy atom. The molecular formula is C14H17N3. The van der Waals surface area contributed by atoms with Crippen LogP contribution in [0, 0.1) is 13.8 Å². The molecule has 3 nitrogen and oxygen atoms in total. The third-order valence-electron chi connectivity index (χ3n) is 2.71. The van der Waals surface area contributed by atoms with Crippen molar-refractivity contribution in [1.29, 1.82) is 0 Å². The van der Waals surface area contributed by atoms with Gasteiger partial charge in [0.15, 0.2) is 0 Å². The predicted molar refractivity (Wildman–Crippen MR) is 71.1 cm³/mol. The fourth-order valence-electron chi connectivity index (χ4n) is 1.80. The number of aryl methyl sites for hydroxylation is 2. The van der Waals surface area contributed by atoms with Crippen LogP contribution in [0.5, 0.6) is 0 Å². The molecule has 0 saturated heterocycles. The standard InChI is InChI=1S/C14H17N3/c1-4-15-14-16-9-11(3)13(17-14)12-8-6-5-7-10(12)2/h5-9H,4H2,1-3H3,(H,15,16,17). The highest BCUT2D eigenvalue weighted by Gasteiger charge is 2.07. The maximum atomic E-state index is 4.57. The minimum atomic E-state index is 0.691. The SMILES string of the molecule is CCNc1ncc(C)c(-c2ccccc2C)n1. The first-order valence-electron chi connectivity index (χ1n) is 5.86. The number of rotatable bonds is 3. The van der Waals surface area contributed by atoms with E-state index in [0.717, 1.165) is 17.8 Å². The van der Waals surface area contributed by atoms with Gasteiger partial charge in [-0.2, -0.15) is 0 Å². The number of hydrogen-bond donors (Lipinski definition) is 1. The Balaban J connectivity index is 2.51. The molecule has 0 fully saturated rings. The fourth-order valence-corrected chi connectivity index (χ4v) is 1.80. The average Bonchev–Trinajstić information content (AvgIpc) is 2.33. The Labute approximate surface area is 102 Å². The first kappa shape index (κ1) is 11.6. The predicted octanol–water partition coefficient (Wildman–Crippen LogP) is 3.19. The molecule has 2 aromatic rings. The summed E-state index contributed by atoms with van der Waals surface area (Å²) in [5.74, 6) is 0.691. The summed E-state index contributed by atoms with van der Waals surface area (Å²) >= 11 is 0. The molecule has 0 amide bonds. The number of anilines is 1. The zero-order valence-corrected chi connectivity index (χ0v) is 10.5. The Hall–Kier alpha value is -1.90. The minimum Gasteiger partial charge on any atom is -0.354 e. The van der Waals surface area contributed by atoms with Crippen molar-refractivity contribution in [3.05, 3.63) is 41.6 Å². The lowest BCUT2D eigenvalue weighted by Crippen LogP contribution is -2.04. The highest BCUT2D eigenvalue weighted by molar-refractivity contribution is 5.67. The maximum absolute atomic E-state index is 4.57. The van der Waals surface area contributed by atoms with Gasteiger partial charge in [0, 0.05) is 18.3 Å². The first-order chi connectivity index (χ1) is 8.22. The zero-order chi connectivity index (χ0) is 12.3. The van der Waals surface area contributed by atoms with E-state index in [0.29, 0.717) is 5.95 Å². The van der Waals surface area contributed by atoms with Gasteiger partial charge in [0.05, 0.1) is 5.69 Å². The lowest BCUT2D eigenvalue weighted by Gasteiger charge is -2.10. The van der Waals surface area contributed by atoms with E-state index in [1.807, 2.05) is 32.2 Å². The summed E-state index contributed by atoms with van der Waals surface area (Å²) in [6.07, 6.45) is 1.87. The topological polar surface area (TPSA) is 37.8 Å². The van der Waals surface area contributed by atoms with Gasteiger partial charge in [-0.3, -0.25) is 0 Å². The van der Waals surface area contributed by atoms with E-state index in [1.165, 1.54) is 11.1 Å². The Kier molecular flexibility index (Phi) is 3.38. The molecule has 0 spiro atoms. The van der Waals surface area contributed by atoms with Gasteiger partial charge in [0.2, 0.25) is 5.95 Å². The van der Waals surface area contributed by atoms with Crippen molar-refractivity contribution in [2.45, 2.75) is 20.8 Å². The van der Waals surface area contributed by atoms with Gasteiger partial charge >= 0.3 is 0 Å². The summed E-state index contributed by atoms with van der Waals surface area (Å²) in [6.45, 7) is 7.01. The smallest absolute Gasteiger partial charge is 0.223 e. The van der Waals surface area contributed by atoms with Crippen LogP contribution in [0.1, 0.15) is 18.1 Å². The Morgan fingerprint density at radius 2 is 1.88 bits per heavy atom. The van der Waals surface area contributed by atoms with Crippen molar-refractivity contribution >= 4 is 5.95 Å². The molecule has 0 atom stereocenters. The second kappa shape index (κ2) is 4.95. The lowest BCUT2D eigenvalue weighted by molar-refractivity contribution is 1.07. The molecule has 0 radical (unpaired) electrons. The number of nitrogens with zero attached hydrogens (tertiary/aromatic N) is 2. The van der Waals surface area contributed by atoms with E-state index in [2.05, 4.69) is 34.3 Å². The van der Waals surface area contributed by atoms with Crippen molar-refractivity contribution in [2.24, 2.45) is 0 Å². The van der Waals surface area contributed by atoms with Crippen molar-refractivity contribution in [3.8, 4) is 11.3 Å². The number of nitrogens with one attached hydrogen (secondary N) is 1. The molecule has 0 unspecified atom stereocenters. The molecule has 1 aromatic carbocycles. The Bertz CT molecular complexity index is 521. The van der Waals surface area contributed by atoms with Crippen molar-refractivity contribution < 1.29 is 0 Å². The van der Waals surface area contributed by atoms with Crippen molar-refractivity contribution in [2.75, 3.05) is 11.9 Å². The summed E-state index contributed by atoms with van der Waals surface area (Å²) in [5, 5.41) is 3.14. The normalized spacial score (nSPS) is 10.3. The highest BCUT2D eigenvalue weighted by Crippen LogP contribution is 2.24. The highest BCUT2D eigenvalue weighted by atomic mass is 15.1. The van der Waals surface area contributed by atoms with Gasteiger partial charge in [-0.15, -0.1) is 0 Å². The molecule has 0 saturated carbocycles. The van der Waals surface area contributed by atoms with Gasteiger partial charge in [0.1, 0.15) is 0 Å². The molecule has 1 aromatic heterocycles. The van der Waals surface area contributed by atoms with Crippen LogP contribution in [-0.2, 0) is 0 Å². The molecule has 0 aliphatic carbocycles. The maximum Gasteiger partial charge on any atom is 0.223 e. The van der Waals surface area contributed by atoms with Gasteiger partial charge in [-0.05, 0) is 31.9 Å². The molecule has 17 heavy (non-hydrogen) atoms. The average molecular weight is 227 g/mol. The monoisotopic (exact) mass is 227 g/mol. The molecule has 2 rings (SSSR count). The molecular weight excluding hydrogens is 210 g/mol. The van der Waals surface area contributed by atoms with Crippen LogP contribution in [0.15, 0.2) is 30.5 Å². The van der Waals surface area contributed by atoms with Crippen LogP contribution in [0.25, 0.3) is 11.3 Å². The van der Waals surface area contributed by atoms with Gasteiger partial charge in [-0.25, -0.2) is 9.97 Å². The van der Waals surface area contributed by atoms with Gasteiger partial charge in [-0.1, -0.05) is 24.3 Å². The zero-order valence-electron chi connectivity index (χ0n) is 10.5. The van der Waals surface area contributed by atoms with Crippen LogP contribution >= 0.6 is 0 Å². The van der Waals surface area contributed by atoms with Crippen LogP contribution in [0.2, 0.25) is 0 Å². The molecule has 3 heteroatoms. The van der Waals surface area contributed by atoms with Crippen molar-refractivity contribution in [3.63, 3.8) is 0 Å². The van der Waals surface area contributed by atoms with Crippen LogP contribution < -0.4 is 5.32 Å². The van der Waals surface area contributed by atoms with E-state index in [4.69, 9.17) is 0 Å². The molecule has 1 N–H and O–H groups in total. The van der Waals surface area contributed by atoms with E-state index < -0.39 is 0 Å². The third kappa shape index (κ3) is 2.44. The number of benzene rings is 1. The fraction of sp³-hybridized carbons (Fsp3) is 0.286. The largest absolute Gasteiger partial charge is 0.354 e. The molecule has 0 aliphatic rings. The third-order valence-corrected chi connectivity index (χ3v) is 2.71. The van der Waals surface area contributed by atoms with Crippen LogP contribution in [0.3, 0.4) is 0 Å². The first-order valence-corrected chi connectivity index (χ1v) is 5.86. The van der Waals surface area contributed by atoms with Gasteiger partial charge < -0.3 is 5.32 Å². The number of aromatic nitrogens is 2. The van der Waals surface area contributed by atoms with Crippen LogP contribution in [0.4, 0.5) is 5.95 Å². The minimum absolute atomic E-state index is 0.691. The molecule has 0 bridgehead atoms. The second-order valence-corrected chi connectivity index (χ2v) is 4.07. The molecule has 0 aliphatic heterocycles. The second-order valence-electron chi connectivity index (χ2n) is 4.07. The summed E-state index contributed by atoms with van der Waals surface area (Å²) in [7, 11) is 0. The van der Waals surface area contributed by atoms with E-state index in [9.17, 15) is 0 Å². The summed E-state index contributed by atoms with van der Waals surface area (Å²) in [6, 6.07) is 8.28. The number of hydrogen-bond acceptors (Lipinski definition) is 3. The molecule has 1 heterocycles. The van der Waals surface area contributed by atoms with Gasteiger partial charge in [0.25, 0.3) is 0 Å². The Morgan fingerprint density at radius 1 is 1.12 bits per heavy atom. The summed E-state index contributed by atoms with van der Waals surface area (Å²) in [4.78, 5) is 8.83. The van der Waals surface area contributed by atoms with E-state index in [-0.39, 0.29) is 0 Å². The van der Waals surface area contributed by atoms with E-state index >= 15 is 0 Å². The van der Waals surface area contributed by atoms with E-state index in [1.54, 1.807) is 0 Å². The summed E-state index contributed by atoms with van der Waals surface area (Å²) < 4.78 is 0. The van der Waals surface area contributed by atoms with Crippen LogP contribution in [-0.4, -0.2) is 16.5 Å². The quantitative estimate of drug-likeness (QED) is 0.875. The molecule has 88 valence electrons. The summed E-state index contributed by atoms with van der Waals surface area (Å²) in [5.41, 5.74) is 4.51. The lowest BCUT2D eigenvalue weighted by atomic mass is 10.0.